The van der Waals surface area contributed by atoms with Crippen LogP contribution >= 0.6 is 22.7 Å². The van der Waals surface area contributed by atoms with Crippen LogP contribution in [0.25, 0.3) is 0 Å². The van der Waals surface area contributed by atoms with E-state index in [9.17, 15) is 4.79 Å². The fourth-order valence-electron chi connectivity index (χ4n) is 3.61. The first-order valence-corrected chi connectivity index (χ1v) is 9.95. The summed E-state index contributed by atoms with van der Waals surface area (Å²) in [6.07, 6.45) is 4.52. The van der Waals surface area contributed by atoms with Crippen LogP contribution in [0.15, 0.2) is 35.0 Å². The highest BCUT2D eigenvalue weighted by molar-refractivity contribution is 7.12. The zero-order chi connectivity index (χ0) is 16.2. The highest BCUT2D eigenvalue weighted by Gasteiger charge is 2.31. The summed E-state index contributed by atoms with van der Waals surface area (Å²) in [7, 11) is 4.35. The first-order chi connectivity index (χ1) is 11.1. The highest BCUT2D eigenvalue weighted by atomic mass is 32.1. The second-order valence-corrected chi connectivity index (χ2v) is 8.41. The summed E-state index contributed by atoms with van der Waals surface area (Å²) in [6, 6.07) is 9.04. The van der Waals surface area contributed by atoms with E-state index in [0.29, 0.717) is 18.0 Å². The van der Waals surface area contributed by atoms with Gasteiger partial charge in [-0.1, -0.05) is 12.1 Å². The molecule has 0 spiro atoms. The maximum absolute atomic E-state index is 12.2. The molecule has 1 aliphatic rings. The van der Waals surface area contributed by atoms with E-state index in [1.165, 1.54) is 29.1 Å². The standard InChI is InChI=1S/C18H24N2OS2/c1-20(2)17(15-5-3-11-22-15)13-7-9-14(10-8-13)19-18(21)16-6-4-12-23-16/h3-6,11-14,17H,7-10H2,1-2H3,(H,19,21). The lowest BCUT2D eigenvalue weighted by molar-refractivity contribution is 0.0911. The molecule has 0 saturated heterocycles. The summed E-state index contributed by atoms with van der Waals surface area (Å²) in [5.41, 5.74) is 0. The van der Waals surface area contributed by atoms with Crippen molar-refractivity contribution in [3.05, 3.63) is 44.8 Å². The molecule has 1 aliphatic carbocycles. The molecule has 5 heteroatoms. The van der Waals surface area contributed by atoms with E-state index in [4.69, 9.17) is 0 Å². The van der Waals surface area contributed by atoms with Crippen molar-refractivity contribution in [1.29, 1.82) is 0 Å². The maximum atomic E-state index is 12.2. The topological polar surface area (TPSA) is 32.3 Å². The van der Waals surface area contributed by atoms with Crippen molar-refractivity contribution in [2.45, 2.75) is 37.8 Å². The minimum Gasteiger partial charge on any atom is -0.349 e. The summed E-state index contributed by atoms with van der Waals surface area (Å²) in [5, 5.41) is 7.32. The van der Waals surface area contributed by atoms with Crippen LogP contribution in [0.2, 0.25) is 0 Å². The molecular formula is C18H24N2OS2. The molecule has 124 valence electrons. The third-order valence-corrected chi connectivity index (χ3v) is 6.50. The van der Waals surface area contributed by atoms with Gasteiger partial charge in [0, 0.05) is 17.0 Å². The fraction of sp³-hybridized carbons (Fsp3) is 0.500. The molecular weight excluding hydrogens is 324 g/mol. The van der Waals surface area contributed by atoms with Crippen LogP contribution in [0.4, 0.5) is 0 Å². The molecule has 1 fully saturated rings. The van der Waals surface area contributed by atoms with Gasteiger partial charge in [-0.05, 0) is 68.6 Å². The Hall–Kier alpha value is -1.17. The Morgan fingerprint density at radius 3 is 2.39 bits per heavy atom. The maximum Gasteiger partial charge on any atom is 0.261 e. The van der Waals surface area contributed by atoms with Crippen LogP contribution in [0.3, 0.4) is 0 Å². The van der Waals surface area contributed by atoms with Crippen LogP contribution in [0, 0.1) is 5.92 Å². The monoisotopic (exact) mass is 348 g/mol. The van der Waals surface area contributed by atoms with Gasteiger partial charge in [0.1, 0.15) is 0 Å². The molecule has 0 bridgehead atoms. The Labute approximate surface area is 146 Å². The van der Waals surface area contributed by atoms with E-state index >= 15 is 0 Å². The zero-order valence-electron chi connectivity index (χ0n) is 13.7. The number of rotatable bonds is 5. The SMILES string of the molecule is CN(C)C(c1cccs1)C1CCC(NC(=O)c2cccs2)CC1. The van der Waals surface area contributed by atoms with Gasteiger partial charge in [-0.25, -0.2) is 0 Å². The smallest absolute Gasteiger partial charge is 0.261 e. The first-order valence-electron chi connectivity index (χ1n) is 8.19. The van der Waals surface area contributed by atoms with Crippen LogP contribution in [-0.4, -0.2) is 30.9 Å². The van der Waals surface area contributed by atoms with E-state index < -0.39 is 0 Å². The molecule has 0 aromatic carbocycles. The quantitative estimate of drug-likeness (QED) is 0.868. The average Bonchev–Trinajstić information content (AvgIpc) is 3.22. The summed E-state index contributed by atoms with van der Waals surface area (Å²) in [6.45, 7) is 0. The Balaban J connectivity index is 1.56. The fourth-order valence-corrected chi connectivity index (χ4v) is 5.25. The molecule has 2 aromatic rings. The molecule has 0 radical (unpaired) electrons. The van der Waals surface area contributed by atoms with Crippen molar-refractivity contribution in [3.63, 3.8) is 0 Å². The molecule has 3 nitrogen and oxygen atoms in total. The van der Waals surface area contributed by atoms with Gasteiger partial charge in [0.25, 0.3) is 5.91 Å². The van der Waals surface area contributed by atoms with Crippen LogP contribution < -0.4 is 5.32 Å². The van der Waals surface area contributed by atoms with Crippen LogP contribution in [-0.2, 0) is 0 Å². The lowest BCUT2D eigenvalue weighted by Gasteiger charge is -2.37. The van der Waals surface area contributed by atoms with Crippen LogP contribution in [0.1, 0.15) is 46.3 Å². The van der Waals surface area contributed by atoms with Gasteiger partial charge in [0.05, 0.1) is 4.88 Å². The normalized spacial score (nSPS) is 22.9. The second-order valence-electron chi connectivity index (χ2n) is 6.49. The first kappa shape index (κ1) is 16.7. The van der Waals surface area contributed by atoms with Crippen molar-refractivity contribution in [3.8, 4) is 0 Å². The molecule has 1 saturated carbocycles. The molecule has 2 heterocycles. The molecule has 2 aromatic heterocycles. The summed E-state index contributed by atoms with van der Waals surface area (Å²) in [4.78, 5) is 16.8. The Morgan fingerprint density at radius 1 is 1.13 bits per heavy atom. The molecule has 1 N–H and O–H groups in total. The number of hydrogen-bond acceptors (Lipinski definition) is 4. The van der Waals surface area contributed by atoms with Crippen molar-refractivity contribution in [2.75, 3.05) is 14.1 Å². The average molecular weight is 349 g/mol. The number of amides is 1. The lowest BCUT2D eigenvalue weighted by Crippen LogP contribution is -2.39. The molecule has 1 amide bonds. The predicted molar refractivity (Wildman–Crippen MR) is 98.3 cm³/mol. The largest absolute Gasteiger partial charge is 0.349 e. The van der Waals surface area contributed by atoms with E-state index in [2.05, 4.69) is 41.8 Å². The molecule has 1 unspecified atom stereocenters. The number of hydrogen-bond donors (Lipinski definition) is 1. The third-order valence-electron chi connectivity index (χ3n) is 4.69. The van der Waals surface area contributed by atoms with E-state index in [1.54, 1.807) is 0 Å². The lowest BCUT2D eigenvalue weighted by atomic mass is 9.80. The minimum absolute atomic E-state index is 0.0888. The second kappa shape index (κ2) is 7.60. The molecule has 3 rings (SSSR count). The van der Waals surface area contributed by atoms with Gasteiger partial charge in [-0.3, -0.25) is 4.79 Å². The van der Waals surface area contributed by atoms with E-state index in [1.807, 2.05) is 28.8 Å². The number of nitrogens with zero attached hydrogens (tertiary/aromatic N) is 1. The van der Waals surface area contributed by atoms with Gasteiger partial charge >= 0.3 is 0 Å². The van der Waals surface area contributed by atoms with Gasteiger partial charge in [0.2, 0.25) is 0 Å². The minimum atomic E-state index is 0.0888. The number of nitrogens with one attached hydrogen (secondary N) is 1. The summed E-state index contributed by atoms with van der Waals surface area (Å²) >= 11 is 3.36. The van der Waals surface area contributed by atoms with Crippen molar-refractivity contribution in [2.24, 2.45) is 5.92 Å². The Morgan fingerprint density at radius 2 is 1.83 bits per heavy atom. The summed E-state index contributed by atoms with van der Waals surface area (Å²) in [5.74, 6) is 0.768. The molecule has 0 aliphatic heterocycles. The number of carbonyl (C=O) groups is 1. The van der Waals surface area contributed by atoms with Crippen LogP contribution in [0.5, 0.6) is 0 Å². The van der Waals surface area contributed by atoms with Gasteiger partial charge in [0.15, 0.2) is 0 Å². The Kier molecular flexibility index (Phi) is 5.51. The zero-order valence-corrected chi connectivity index (χ0v) is 15.3. The summed E-state index contributed by atoms with van der Waals surface area (Å²) < 4.78 is 0. The van der Waals surface area contributed by atoms with E-state index in [-0.39, 0.29) is 5.91 Å². The number of thiophene rings is 2. The van der Waals surface area contributed by atoms with Crippen molar-refractivity contribution in [1.82, 2.24) is 10.2 Å². The third kappa shape index (κ3) is 4.03. The Bertz CT molecular complexity index is 599. The van der Waals surface area contributed by atoms with Gasteiger partial charge < -0.3 is 10.2 Å². The van der Waals surface area contributed by atoms with Gasteiger partial charge in [-0.2, -0.15) is 0 Å². The predicted octanol–water partition coefficient (Wildman–Crippen LogP) is 4.40. The molecule has 23 heavy (non-hydrogen) atoms. The molecule has 1 atom stereocenters. The van der Waals surface area contributed by atoms with E-state index in [0.717, 1.165) is 17.7 Å². The number of carbonyl (C=O) groups excluding carboxylic acids is 1. The van der Waals surface area contributed by atoms with Crippen molar-refractivity contribution >= 4 is 28.6 Å². The van der Waals surface area contributed by atoms with Crippen molar-refractivity contribution < 1.29 is 4.79 Å². The highest BCUT2D eigenvalue weighted by Crippen LogP contribution is 2.39. The van der Waals surface area contributed by atoms with Gasteiger partial charge in [-0.15, -0.1) is 22.7 Å².